The van der Waals surface area contributed by atoms with E-state index < -0.39 is 5.97 Å². The first kappa shape index (κ1) is 23.6. The molecule has 2 aliphatic rings. The minimum atomic E-state index is -0.704. The molecule has 1 N–H and O–H groups in total. The van der Waals surface area contributed by atoms with Crippen LogP contribution in [0.5, 0.6) is 0 Å². The molecule has 0 bridgehead atoms. The molecule has 3 aromatic rings. The zero-order valence-electron chi connectivity index (χ0n) is 21.1. The van der Waals surface area contributed by atoms with Gasteiger partial charge in [-0.05, 0) is 62.3 Å². The van der Waals surface area contributed by atoms with Crippen molar-refractivity contribution in [3.05, 3.63) is 47.0 Å². The number of fused-ring (bicyclic) bond motifs is 3. The number of rotatable bonds is 5. The van der Waals surface area contributed by atoms with E-state index in [-0.39, 0.29) is 23.2 Å². The maximum Gasteiger partial charge on any atom is 0.306 e. The summed E-state index contributed by atoms with van der Waals surface area (Å²) in [5.41, 5.74) is 5.26. The number of aliphatic carboxylic acids is 1. The Morgan fingerprint density at radius 1 is 1.20 bits per heavy atom. The van der Waals surface area contributed by atoms with E-state index in [0.29, 0.717) is 38.9 Å². The van der Waals surface area contributed by atoms with E-state index in [9.17, 15) is 14.7 Å². The molecule has 35 heavy (non-hydrogen) atoms. The molecule has 4 heterocycles. The average Bonchev–Trinajstić information content (AvgIpc) is 3.30. The fourth-order valence-electron chi connectivity index (χ4n) is 6.25. The third-order valence-corrected chi connectivity index (χ3v) is 7.96. The minimum Gasteiger partial charge on any atom is -0.481 e. The highest BCUT2D eigenvalue weighted by Gasteiger charge is 2.39. The van der Waals surface area contributed by atoms with Gasteiger partial charge in [0.15, 0.2) is 0 Å². The minimum absolute atomic E-state index is 0.170. The predicted octanol–water partition coefficient (Wildman–Crippen LogP) is 4.03. The number of hydrogen-bond acceptors (Lipinski definition) is 4. The highest BCUT2D eigenvalue weighted by Crippen LogP contribution is 2.41. The SMILES string of the molecule is Cc1cc(Cn2c3c(c4cccnc42)C(C)(C)CN(C(=O)C[C@H]2CC[C@@H](C(=O)O)CC2)C3)n(C)n1. The molecular weight excluding hydrogens is 442 g/mol. The summed E-state index contributed by atoms with van der Waals surface area (Å²) in [5.74, 6) is -0.516. The Morgan fingerprint density at radius 3 is 2.60 bits per heavy atom. The Morgan fingerprint density at radius 2 is 1.94 bits per heavy atom. The molecule has 8 nitrogen and oxygen atoms in total. The van der Waals surface area contributed by atoms with Gasteiger partial charge >= 0.3 is 5.97 Å². The number of carboxylic acid groups (broad SMARTS) is 1. The molecule has 0 atom stereocenters. The molecule has 8 heteroatoms. The first-order chi connectivity index (χ1) is 16.6. The number of aromatic nitrogens is 4. The first-order valence-corrected chi connectivity index (χ1v) is 12.6. The Labute approximate surface area is 205 Å². The summed E-state index contributed by atoms with van der Waals surface area (Å²) in [5, 5.41) is 15.0. The number of pyridine rings is 1. The average molecular weight is 478 g/mol. The van der Waals surface area contributed by atoms with Crippen LogP contribution < -0.4 is 0 Å². The van der Waals surface area contributed by atoms with Crippen molar-refractivity contribution in [2.75, 3.05) is 6.54 Å². The number of amides is 1. The molecule has 0 radical (unpaired) electrons. The summed E-state index contributed by atoms with van der Waals surface area (Å²) >= 11 is 0. The third-order valence-electron chi connectivity index (χ3n) is 7.96. The molecule has 0 saturated heterocycles. The standard InChI is InChI=1S/C27H35N5O3/c1-17-12-20(30(4)29-17)14-32-22-15-31(23(33)13-18-7-9-19(10-8-18)26(34)35)16-27(2,3)24(22)21-6-5-11-28-25(21)32/h5-6,11-12,18-19H,7-10,13-16H2,1-4H3,(H,34,35)/t18-,19+. The monoisotopic (exact) mass is 477 g/mol. The van der Waals surface area contributed by atoms with Gasteiger partial charge < -0.3 is 14.6 Å². The van der Waals surface area contributed by atoms with E-state index in [2.05, 4.69) is 35.6 Å². The molecule has 1 fully saturated rings. The van der Waals surface area contributed by atoms with E-state index in [1.165, 1.54) is 5.56 Å². The van der Waals surface area contributed by atoms with Gasteiger partial charge in [0.25, 0.3) is 0 Å². The zero-order chi connectivity index (χ0) is 24.9. The fourth-order valence-corrected chi connectivity index (χ4v) is 6.25. The predicted molar refractivity (Wildman–Crippen MR) is 133 cm³/mol. The van der Waals surface area contributed by atoms with Gasteiger partial charge in [-0.3, -0.25) is 14.3 Å². The van der Waals surface area contributed by atoms with Crippen molar-refractivity contribution in [2.45, 2.75) is 71.4 Å². The maximum absolute atomic E-state index is 13.5. The molecule has 0 aromatic carbocycles. The number of nitrogens with zero attached hydrogens (tertiary/aromatic N) is 5. The summed E-state index contributed by atoms with van der Waals surface area (Å²) < 4.78 is 4.18. The van der Waals surface area contributed by atoms with Crippen LogP contribution in [-0.2, 0) is 35.1 Å². The second-order valence-corrected chi connectivity index (χ2v) is 11.1. The molecule has 3 aromatic heterocycles. The van der Waals surface area contributed by atoms with Crippen LogP contribution in [0.25, 0.3) is 11.0 Å². The van der Waals surface area contributed by atoms with Gasteiger partial charge in [-0.1, -0.05) is 13.8 Å². The van der Waals surface area contributed by atoms with Crippen LogP contribution in [0.4, 0.5) is 0 Å². The normalized spacial score (nSPS) is 21.8. The van der Waals surface area contributed by atoms with Crippen molar-refractivity contribution in [3.8, 4) is 0 Å². The van der Waals surface area contributed by atoms with Crippen LogP contribution in [-0.4, -0.2) is 47.8 Å². The van der Waals surface area contributed by atoms with Crippen LogP contribution in [0.15, 0.2) is 24.4 Å². The van der Waals surface area contributed by atoms with Crippen molar-refractivity contribution < 1.29 is 14.7 Å². The topological polar surface area (TPSA) is 93.3 Å². The van der Waals surface area contributed by atoms with Crippen LogP contribution in [0, 0.1) is 18.8 Å². The molecule has 0 spiro atoms. The van der Waals surface area contributed by atoms with E-state index in [0.717, 1.165) is 41.0 Å². The summed E-state index contributed by atoms with van der Waals surface area (Å²) in [6.45, 7) is 8.32. The van der Waals surface area contributed by atoms with Crippen molar-refractivity contribution >= 4 is 22.9 Å². The number of carboxylic acids is 1. The first-order valence-electron chi connectivity index (χ1n) is 12.6. The quantitative estimate of drug-likeness (QED) is 0.599. The van der Waals surface area contributed by atoms with E-state index >= 15 is 0 Å². The zero-order valence-corrected chi connectivity index (χ0v) is 21.1. The summed E-state index contributed by atoms with van der Waals surface area (Å²) in [6, 6.07) is 6.24. The Kier molecular flexibility index (Phi) is 5.93. The number of carbonyl (C=O) groups is 2. The Bertz CT molecular complexity index is 1280. The van der Waals surface area contributed by atoms with Crippen LogP contribution in [0.1, 0.15) is 68.6 Å². The number of hydrogen-bond donors (Lipinski definition) is 1. The van der Waals surface area contributed by atoms with Crippen molar-refractivity contribution in [1.29, 1.82) is 0 Å². The van der Waals surface area contributed by atoms with Gasteiger partial charge in [0.05, 0.1) is 30.4 Å². The lowest BCUT2D eigenvalue weighted by Gasteiger charge is -2.40. The summed E-state index contributed by atoms with van der Waals surface area (Å²) in [7, 11) is 1.97. The molecule has 1 amide bonds. The van der Waals surface area contributed by atoms with Crippen LogP contribution >= 0.6 is 0 Å². The Balaban J connectivity index is 1.44. The highest BCUT2D eigenvalue weighted by atomic mass is 16.4. The second-order valence-electron chi connectivity index (χ2n) is 11.1. The van der Waals surface area contributed by atoms with Gasteiger partial charge in [0.2, 0.25) is 5.91 Å². The molecule has 1 saturated carbocycles. The van der Waals surface area contributed by atoms with Gasteiger partial charge in [-0.25, -0.2) is 4.98 Å². The largest absolute Gasteiger partial charge is 0.481 e. The smallest absolute Gasteiger partial charge is 0.306 e. The molecule has 0 unspecified atom stereocenters. The number of aryl methyl sites for hydroxylation is 2. The highest BCUT2D eigenvalue weighted by molar-refractivity contribution is 5.85. The molecular formula is C27H35N5O3. The van der Waals surface area contributed by atoms with Crippen LogP contribution in [0.2, 0.25) is 0 Å². The number of carbonyl (C=O) groups excluding carboxylic acids is 1. The lowest BCUT2D eigenvalue weighted by molar-refractivity contribution is -0.143. The summed E-state index contributed by atoms with van der Waals surface area (Å²) in [6.07, 6.45) is 5.31. The third kappa shape index (κ3) is 4.34. The lowest BCUT2D eigenvalue weighted by atomic mass is 9.78. The van der Waals surface area contributed by atoms with Crippen molar-refractivity contribution in [1.82, 2.24) is 24.2 Å². The summed E-state index contributed by atoms with van der Waals surface area (Å²) in [4.78, 5) is 31.5. The Hall–Kier alpha value is -3.16. The molecule has 1 aliphatic carbocycles. The van der Waals surface area contributed by atoms with Crippen molar-refractivity contribution in [3.63, 3.8) is 0 Å². The molecule has 5 rings (SSSR count). The van der Waals surface area contributed by atoms with Crippen molar-refractivity contribution in [2.24, 2.45) is 18.9 Å². The van der Waals surface area contributed by atoms with E-state index in [1.807, 2.05) is 35.8 Å². The van der Waals surface area contributed by atoms with Gasteiger partial charge in [0.1, 0.15) is 5.65 Å². The molecule has 186 valence electrons. The van der Waals surface area contributed by atoms with E-state index in [4.69, 9.17) is 4.98 Å². The fraction of sp³-hybridized carbons (Fsp3) is 0.556. The maximum atomic E-state index is 13.5. The lowest BCUT2D eigenvalue weighted by Crippen LogP contribution is -2.46. The van der Waals surface area contributed by atoms with Gasteiger partial charge in [-0.2, -0.15) is 5.10 Å². The van der Waals surface area contributed by atoms with Gasteiger partial charge in [0, 0.05) is 42.7 Å². The molecule has 1 aliphatic heterocycles. The van der Waals surface area contributed by atoms with Crippen LogP contribution in [0.3, 0.4) is 0 Å². The van der Waals surface area contributed by atoms with E-state index in [1.54, 1.807) is 0 Å². The van der Waals surface area contributed by atoms with Gasteiger partial charge in [-0.15, -0.1) is 0 Å². The second kappa shape index (κ2) is 8.81.